The predicted octanol–water partition coefficient (Wildman–Crippen LogP) is 4.36. The first-order chi connectivity index (χ1) is 12.7. The summed E-state index contributed by atoms with van der Waals surface area (Å²) in [7, 11) is 0. The molecule has 0 unspecified atom stereocenters. The number of hydrogen-bond acceptors (Lipinski definition) is 4. The Morgan fingerprint density at radius 1 is 1.04 bits per heavy atom. The van der Waals surface area contributed by atoms with E-state index in [0.717, 1.165) is 18.6 Å². The van der Waals surface area contributed by atoms with Crippen LogP contribution in [0.4, 0.5) is 5.69 Å². The van der Waals surface area contributed by atoms with Gasteiger partial charge in [-0.15, -0.1) is 0 Å². The summed E-state index contributed by atoms with van der Waals surface area (Å²) in [4.78, 5) is 12.3. The maximum atomic E-state index is 12.3. The van der Waals surface area contributed by atoms with Gasteiger partial charge in [-0.1, -0.05) is 31.0 Å². The zero-order valence-electron chi connectivity index (χ0n) is 14.4. The van der Waals surface area contributed by atoms with Crippen LogP contribution in [0, 0.1) is 11.3 Å². The highest BCUT2D eigenvalue weighted by Crippen LogP contribution is 2.23. The van der Waals surface area contributed by atoms with Crippen molar-refractivity contribution in [3.05, 3.63) is 66.4 Å². The number of amides is 1. The van der Waals surface area contributed by atoms with E-state index < -0.39 is 5.91 Å². The van der Waals surface area contributed by atoms with Gasteiger partial charge in [0, 0.05) is 17.9 Å². The minimum absolute atomic E-state index is 0.0708. The number of para-hydroxylation sites is 1. The summed E-state index contributed by atoms with van der Waals surface area (Å²) in [6, 6.07) is 18.8. The van der Waals surface area contributed by atoms with Gasteiger partial charge in [-0.3, -0.25) is 4.79 Å². The van der Waals surface area contributed by atoms with Gasteiger partial charge in [0.25, 0.3) is 5.91 Å². The summed E-state index contributed by atoms with van der Waals surface area (Å²) in [6.07, 6.45) is 6.07. The molecule has 2 aromatic carbocycles. The van der Waals surface area contributed by atoms with Gasteiger partial charge in [-0.25, -0.2) is 0 Å². The van der Waals surface area contributed by atoms with Gasteiger partial charge in [0.05, 0.1) is 0 Å². The minimum atomic E-state index is -0.422. The van der Waals surface area contributed by atoms with Crippen molar-refractivity contribution in [1.82, 2.24) is 5.32 Å². The fourth-order valence-corrected chi connectivity index (χ4v) is 2.87. The van der Waals surface area contributed by atoms with Gasteiger partial charge in [-0.05, 0) is 49.2 Å². The van der Waals surface area contributed by atoms with E-state index in [1.54, 1.807) is 24.3 Å². The van der Waals surface area contributed by atoms with E-state index in [1.165, 1.54) is 19.0 Å². The molecule has 1 amide bonds. The molecule has 0 atom stereocenters. The SMILES string of the molecule is N#C/C(=C/NC1CCCC1)C(=O)Nc1ccc(Oc2ccccc2)cc1. The Hall–Kier alpha value is -3.26. The van der Waals surface area contributed by atoms with Gasteiger partial charge in [0.2, 0.25) is 0 Å². The monoisotopic (exact) mass is 347 g/mol. The minimum Gasteiger partial charge on any atom is -0.457 e. The van der Waals surface area contributed by atoms with Crippen molar-refractivity contribution in [3.63, 3.8) is 0 Å². The molecule has 2 aromatic rings. The second-order valence-corrected chi connectivity index (χ2v) is 6.21. The lowest BCUT2D eigenvalue weighted by atomic mass is 10.2. The number of rotatable bonds is 6. The van der Waals surface area contributed by atoms with E-state index in [0.29, 0.717) is 17.5 Å². The number of anilines is 1. The molecule has 0 aromatic heterocycles. The fourth-order valence-electron chi connectivity index (χ4n) is 2.87. The summed E-state index contributed by atoms with van der Waals surface area (Å²) < 4.78 is 5.72. The molecule has 132 valence electrons. The van der Waals surface area contributed by atoms with E-state index in [9.17, 15) is 10.1 Å². The van der Waals surface area contributed by atoms with E-state index >= 15 is 0 Å². The predicted molar refractivity (Wildman–Crippen MR) is 101 cm³/mol. The molecule has 1 aliphatic rings. The van der Waals surface area contributed by atoms with Crippen LogP contribution in [0.25, 0.3) is 0 Å². The van der Waals surface area contributed by atoms with Crippen molar-refractivity contribution in [1.29, 1.82) is 5.26 Å². The smallest absolute Gasteiger partial charge is 0.267 e. The van der Waals surface area contributed by atoms with Crippen molar-refractivity contribution in [2.45, 2.75) is 31.7 Å². The van der Waals surface area contributed by atoms with Crippen LogP contribution in [0.1, 0.15) is 25.7 Å². The topological polar surface area (TPSA) is 74.2 Å². The molecule has 0 spiro atoms. The Kier molecular flexibility index (Phi) is 5.89. The van der Waals surface area contributed by atoms with Gasteiger partial charge >= 0.3 is 0 Å². The molecule has 0 aliphatic heterocycles. The van der Waals surface area contributed by atoms with Crippen LogP contribution in [0.15, 0.2) is 66.4 Å². The van der Waals surface area contributed by atoms with Gasteiger partial charge in [0.1, 0.15) is 23.1 Å². The third-order valence-electron chi connectivity index (χ3n) is 4.27. The maximum absolute atomic E-state index is 12.3. The molecule has 0 saturated heterocycles. The molecule has 0 bridgehead atoms. The van der Waals surface area contributed by atoms with Crippen molar-refractivity contribution in [2.75, 3.05) is 5.32 Å². The van der Waals surface area contributed by atoms with Crippen LogP contribution in [0.3, 0.4) is 0 Å². The zero-order valence-corrected chi connectivity index (χ0v) is 14.4. The number of benzene rings is 2. The Bertz CT molecular complexity index is 801. The summed E-state index contributed by atoms with van der Waals surface area (Å²) in [5.41, 5.74) is 0.680. The lowest BCUT2D eigenvalue weighted by Gasteiger charge is -2.10. The third-order valence-corrected chi connectivity index (χ3v) is 4.27. The fraction of sp³-hybridized carbons (Fsp3) is 0.238. The molecule has 1 saturated carbocycles. The Balaban J connectivity index is 1.57. The molecule has 5 nitrogen and oxygen atoms in total. The highest BCUT2D eigenvalue weighted by atomic mass is 16.5. The number of ether oxygens (including phenoxy) is 1. The maximum Gasteiger partial charge on any atom is 0.267 e. The van der Waals surface area contributed by atoms with Crippen LogP contribution in [0.5, 0.6) is 11.5 Å². The molecule has 3 rings (SSSR count). The molecule has 1 aliphatic carbocycles. The second-order valence-electron chi connectivity index (χ2n) is 6.21. The average molecular weight is 347 g/mol. The molecule has 0 radical (unpaired) electrons. The van der Waals surface area contributed by atoms with Gasteiger partial charge in [-0.2, -0.15) is 5.26 Å². The van der Waals surface area contributed by atoms with E-state index in [1.807, 2.05) is 36.4 Å². The van der Waals surface area contributed by atoms with Crippen LogP contribution < -0.4 is 15.4 Å². The number of hydrogen-bond donors (Lipinski definition) is 2. The van der Waals surface area contributed by atoms with E-state index in [-0.39, 0.29) is 5.57 Å². The summed E-state index contributed by atoms with van der Waals surface area (Å²) in [6.45, 7) is 0. The first-order valence-corrected chi connectivity index (χ1v) is 8.75. The molecule has 5 heteroatoms. The molecular formula is C21H21N3O2. The lowest BCUT2D eigenvalue weighted by Crippen LogP contribution is -2.23. The average Bonchev–Trinajstić information content (AvgIpc) is 3.18. The third kappa shape index (κ3) is 4.87. The van der Waals surface area contributed by atoms with Crippen LogP contribution >= 0.6 is 0 Å². The number of carbonyl (C=O) groups is 1. The van der Waals surface area contributed by atoms with Crippen LogP contribution in [-0.2, 0) is 4.79 Å². The molecule has 1 fully saturated rings. The standard InChI is InChI=1S/C21H21N3O2/c22-14-16(15-23-17-6-4-5-7-17)21(25)24-18-10-12-20(13-11-18)26-19-8-2-1-3-9-19/h1-3,8-13,15,17,23H,4-7H2,(H,24,25)/b16-15-. The Morgan fingerprint density at radius 3 is 2.35 bits per heavy atom. The zero-order chi connectivity index (χ0) is 18.2. The van der Waals surface area contributed by atoms with Crippen molar-refractivity contribution < 1.29 is 9.53 Å². The van der Waals surface area contributed by atoms with Crippen molar-refractivity contribution in [3.8, 4) is 17.6 Å². The highest BCUT2D eigenvalue weighted by Gasteiger charge is 2.15. The van der Waals surface area contributed by atoms with Gasteiger partial charge < -0.3 is 15.4 Å². The summed E-state index contributed by atoms with van der Waals surface area (Å²) in [5.74, 6) is 1.000. The van der Waals surface area contributed by atoms with Crippen molar-refractivity contribution >= 4 is 11.6 Å². The number of carbonyl (C=O) groups excluding carboxylic acids is 1. The lowest BCUT2D eigenvalue weighted by molar-refractivity contribution is -0.112. The second kappa shape index (κ2) is 8.72. The number of nitrogens with zero attached hydrogens (tertiary/aromatic N) is 1. The highest BCUT2D eigenvalue weighted by molar-refractivity contribution is 6.06. The Morgan fingerprint density at radius 2 is 1.69 bits per heavy atom. The molecule has 2 N–H and O–H groups in total. The van der Waals surface area contributed by atoms with Crippen LogP contribution in [-0.4, -0.2) is 11.9 Å². The molecular weight excluding hydrogens is 326 g/mol. The first kappa shape index (κ1) is 17.6. The van der Waals surface area contributed by atoms with Crippen molar-refractivity contribution in [2.24, 2.45) is 0 Å². The number of nitrogens with one attached hydrogen (secondary N) is 2. The largest absolute Gasteiger partial charge is 0.457 e. The Labute approximate surface area is 153 Å². The van der Waals surface area contributed by atoms with E-state index in [4.69, 9.17) is 4.74 Å². The quantitative estimate of drug-likeness (QED) is 0.601. The number of nitriles is 1. The van der Waals surface area contributed by atoms with Crippen LogP contribution in [0.2, 0.25) is 0 Å². The first-order valence-electron chi connectivity index (χ1n) is 8.75. The van der Waals surface area contributed by atoms with E-state index in [2.05, 4.69) is 10.6 Å². The summed E-state index contributed by atoms with van der Waals surface area (Å²) in [5, 5.41) is 15.1. The summed E-state index contributed by atoms with van der Waals surface area (Å²) >= 11 is 0. The van der Waals surface area contributed by atoms with Gasteiger partial charge in [0.15, 0.2) is 0 Å². The molecule has 26 heavy (non-hydrogen) atoms. The normalized spacial score (nSPS) is 14.5. The molecule has 0 heterocycles.